The van der Waals surface area contributed by atoms with E-state index >= 15 is 0 Å². The first-order valence-electron chi connectivity index (χ1n) is 30.9. The van der Waals surface area contributed by atoms with Gasteiger partial charge in [-0.05, 0) is 116 Å². The molecule has 0 bridgehead atoms. The first-order chi connectivity index (χ1) is 39.0. The SMILES string of the molecule is [2H]c1c([2H])c2c3c(c1[2H])-n1c4c([2H])c([2H])c(C(C)(C)C)c([2H])c4c4c([2H])c(C(C)(C)C)c([2H])c(c41)N3c1c([2H])c(C#N)c([2H])c3c1B2c1oc2c([2H])c([2H])c(C(C)(C)C)c([2H])c2c1N3c1c([2H])c([2H])c([2H])c2oc3c([2H])c([2H])c([2H])c([2H])c3c12. The molecule has 3 aliphatic heterocycles. The first-order valence-corrected chi connectivity index (χ1v) is 20.9. The maximum absolute atomic E-state index is 11.4. The summed E-state index contributed by atoms with van der Waals surface area (Å²) in [6.07, 6.45) is 0. The van der Waals surface area contributed by atoms with Crippen molar-refractivity contribution in [2.24, 2.45) is 0 Å². The highest BCUT2D eigenvalue weighted by Crippen LogP contribution is 2.55. The summed E-state index contributed by atoms with van der Waals surface area (Å²) in [6, 6.07) is -9.52. The lowest BCUT2D eigenvalue weighted by Gasteiger charge is -2.45. The van der Waals surface area contributed by atoms with Gasteiger partial charge in [-0.15, -0.1) is 0 Å². The summed E-state index contributed by atoms with van der Waals surface area (Å²) in [7, 11) is 0. The fraction of sp³-hybridized carbons (Fsp3) is 0.211. The average Bonchev–Trinajstić information content (AvgIpc) is 1.26. The summed E-state index contributed by atoms with van der Waals surface area (Å²) in [5.74, 6) is 0. The monoisotopic (exact) mass is 851 g/mol. The van der Waals surface area contributed by atoms with Gasteiger partial charge >= 0.3 is 0 Å². The largest absolute Gasteiger partial charge is 0.468 e. The topological polar surface area (TPSA) is 61.5 Å². The first kappa shape index (κ1) is 22.5. The second-order valence-electron chi connectivity index (χ2n) is 19.7. The van der Waals surface area contributed by atoms with Gasteiger partial charge in [0.1, 0.15) is 16.7 Å². The molecule has 64 heavy (non-hydrogen) atoms. The van der Waals surface area contributed by atoms with Crippen LogP contribution in [0.3, 0.4) is 0 Å². The van der Waals surface area contributed by atoms with E-state index in [1.54, 1.807) is 62.3 Å². The molecule has 0 saturated carbocycles. The highest BCUT2D eigenvalue weighted by Gasteiger charge is 2.49. The van der Waals surface area contributed by atoms with E-state index in [1.807, 2.05) is 6.07 Å². The molecule has 310 valence electrons. The van der Waals surface area contributed by atoms with Crippen LogP contribution in [0.1, 0.15) is 112 Å². The van der Waals surface area contributed by atoms with E-state index in [0.29, 0.717) is 0 Å². The average molecular weight is 851 g/mol. The Morgan fingerprint density at radius 2 is 1.16 bits per heavy atom. The maximum Gasteiger partial charge on any atom is 0.297 e. The molecule has 7 aromatic carbocycles. The van der Waals surface area contributed by atoms with E-state index in [9.17, 15) is 28.6 Å². The summed E-state index contributed by atoms with van der Waals surface area (Å²) >= 11 is 0. The molecule has 0 aliphatic carbocycles. The summed E-state index contributed by atoms with van der Waals surface area (Å²) < 4.78 is 208. The van der Waals surface area contributed by atoms with Gasteiger partial charge in [0.2, 0.25) is 0 Å². The number of nitriles is 1. The molecule has 6 nitrogen and oxygen atoms in total. The van der Waals surface area contributed by atoms with Gasteiger partial charge in [0.25, 0.3) is 6.71 Å². The third kappa shape index (κ3) is 4.81. The molecular formula is C57H47BN4O2. The number of anilines is 6. The molecule has 3 aliphatic rings. The maximum atomic E-state index is 11.4. The summed E-state index contributed by atoms with van der Waals surface area (Å²) in [6.45, 7) is 14.1. The van der Waals surface area contributed by atoms with Crippen LogP contribution in [0.2, 0.25) is 0 Å². The summed E-state index contributed by atoms with van der Waals surface area (Å²) in [5, 5.41) is 10.5. The minimum absolute atomic E-state index is 0.00754. The quantitative estimate of drug-likeness (QED) is 0.154. The lowest BCUT2D eigenvalue weighted by Crippen LogP contribution is -2.61. The van der Waals surface area contributed by atoms with E-state index in [2.05, 4.69) is 0 Å². The molecule has 13 rings (SSSR count). The molecule has 0 radical (unpaired) electrons. The smallest absolute Gasteiger partial charge is 0.297 e. The molecule has 0 N–H and O–H groups in total. The van der Waals surface area contributed by atoms with Gasteiger partial charge in [-0.3, -0.25) is 0 Å². The predicted molar refractivity (Wildman–Crippen MR) is 266 cm³/mol. The van der Waals surface area contributed by atoms with Crippen molar-refractivity contribution in [3.05, 3.63) is 143 Å². The number of aromatic nitrogens is 1. The molecule has 0 amide bonds. The van der Waals surface area contributed by atoms with Gasteiger partial charge in [-0.25, -0.2) is 0 Å². The molecule has 10 aromatic rings. The van der Waals surface area contributed by atoms with Crippen LogP contribution in [0.4, 0.5) is 34.1 Å². The zero-order chi connectivity index (χ0) is 61.3. The Morgan fingerprint density at radius 3 is 1.89 bits per heavy atom. The second kappa shape index (κ2) is 12.1. The highest BCUT2D eigenvalue weighted by molar-refractivity contribution is 7.00. The molecule has 7 heteroatoms. The minimum atomic E-state index is -1.69. The van der Waals surface area contributed by atoms with E-state index in [-0.39, 0.29) is 124 Å². The van der Waals surface area contributed by atoms with Crippen LogP contribution in [0, 0.1) is 11.3 Å². The van der Waals surface area contributed by atoms with Crippen LogP contribution in [0.25, 0.3) is 60.4 Å². The van der Waals surface area contributed by atoms with E-state index in [4.69, 9.17) is 12.9 Å². The van der Waals surface area contributed by atoms with Gasteiger partial charge in [0, 0.05) is 32.9 Å². The number of hydrogen-bond donors (Lipinski definition) is 0. The normalized spacial score (nSPS) is 18.6. The Hall–Kier alpha value is -7.17. The molecule has 0 saturated heterocycles. The van der Waals surface area contributed by atoms with Gasteiger partial charge in [-0.1, -0.05) is 111 Å². The second-order valence-corrected chi connectivity index (χ2v) is 19.7. The molecule has 0 spiro atoms. The molecule has 6 heterocycles. The number of furan rings is 2. The summed E-state index contributed by atoms with van der Waals surface area (Å²) in [5.41, 5.74) is -7.79. The zero-order valence-electron chi connectivity index (χ0n) is 56.2. The standard InChI is InChI=1S/C57H47BN4O2/c1-55(2,3)32-20-22-40-36(26-32)37-28-34(57(7,8)9)29-45-51(37)60(40)42-17-12-15-39-53(42)62(45)44-25-31(30-59)24-43-50(44)58(39)54-52(38-27-33(56(4,5)6)21-23-47(38)64-54)61(43)41-16-13-19-48-49(41)35-14-10-11-18-46(35)63-48/h10-29H,1-9H3/i10D,11D,12D,13D,14D,15D,16D,17D,18D,19D,20D,21D,22D,23D,24D,25D,26D,27D,28D,29D. The van der Waals surface area contributed by atoms with Crippen molar-refractivity contribution in [2.45, 2.75) is 78.6 Å². The van der Waals surface area contributed by atoms with Crippen molar-refractivity contribution in [3.63, 3.8) is 0 Å². The van der Waals surface area contributed by atoms with Crippen molar-refractivity contribution in [1.82, 2.24) is 4.57 Å². The molecule has 0 unspecified atom stereocenters. The number of fused-ring (bicyclic) bond motifs is 14. The van der Waals surface area contributed by atoms with Crippen LogP contribution in [-0.2, 0) is 16.2 Å². The molecular weight excluding hydrogens is 783 g/mol. The van der Waals surface area contributed by atoms with Crippen molar-refractivity contribution in [2.75, 3.05) is 9.80 Å². The van der Waals surface area contributed by atoms with Crippen molar-refractivity contribution in [1.29, 1.82) is 5.26 Å². The van der Waals surface area contributed by atoms with Gasteiger partial charge in [0.15, 0.2) is 0 Å². The third-order valence-electron chi connectivity index (χ3n) is 12.5. The molecule has 3 aromatic heterocycles. The Bertz CT molecular complexity index is 4960. The lowest BCUT2D eigenvalue weighted by atomic mass is 9.35. The summed E-state index contributed by atoms with van der Waals surface area (Å²) in [4.78, 5) is 2.52. The van der Waals surface area contributed by atoms with E-state index < -0.39 is 153 Å². The Kier molecular flexibility index (Phi) is 4.24. The number of nitrogens with zero attached hydrogens (tertiary/aromatic N) is 4. The lowest BCUT2D eigenvalue weighted by molar-refractivity contribution is 0.590. The van der Waals surface area contributed by atoms with Crippen LogP contribution >= 0.6 is 0 Å². The third-order valence-corrected chi connectivity index (χ3v) is 12.5. The van der Waals surface area contributed by atoms with Crippen LogP contribution in [-0.4, -0.2) is 11.3 Å². The highest BCUT2D eigenvalue weighted by atomic mass is 16.3. The Balaban J connectivity index is 1.36. The van der Waals surface area contributed by atoms with Crippen LogP contribution < -0.4 is 26.4 Å². The Morgan fingerprint density at radius 1 is 0.531 bits per heavy atom. The molecule has 0 atom stereocenters. The van der Waals surface area contributed by atoms with Crippen molar-refractivity contribution >= 4 is 112 Å². The van der Waals surface area contributed by atoms with E-state index in [0.717, 1.165) is 4.90 Å². The number of benzene rings is 7. The van der Waals surface area contributed by atoms with Crippen LogP contribution in [0.15, 0.2) is 130 Å². The van der Waals surface area contributed by atoms with Gasteiger partial charge < -0.3 is 23.2 Å². The number of hydrogen-bond acceptors (Lipinski definition) is 5. The van der Waals surface area contributed by atoms with Crippen molar-refractivity contribution < 1.29 is 36.2 Å². The fourth-order valence-corrected chi connectivity index (χ4v) is 9.40. The Labute approximate surface area is 401 Å². The van der Waals surface area contributed by atoms with E-state index in [1.165, 1.54) is 9.47 Å². The predicted octanol–water partition coefficient (Wildman–Crippen LogP) is 13.6. The fourth-order valence-electron chi connectivity index (χ4n) is 9.40. The van der Waals surface area contributed by atoms with Crippen molar-refractivity contribution in [3.8, 4) is 11.8 Å². The van der Waals surface area contributed by atoms with Gasteiger partial charge in [-0.2, -0.15) is 5.26 Å². The molecule has 0 fully saturated rings. The zero-order valence-corrected chi connectivity index (χ0v) is 36.2. The number of para-hydroxylation sites is 2. The minimum Gasteiger partial charge on any atom is -0.468 e. The van der Waals surface area contributed by atoms with Crippen LogP contribution in [0.5, 0.6) is 0 Å². The van der Waals surface area contributed by atoms with Gasteiger partial charge in [0.05, 0.1) is 89.6 Å². The number of rotatable bonds is 1.